The fourth-order valence-corrected chi connectivity index (χ4v) is 2.19. The first-order chi connectivity index (χ1) is 9.78. The second-order valence-corrected chi connectivity index (χ2v) is 6.02. The van der Waals surface area contributed by atoms with E-state index in [1.54, 1.807) is 30.3 Å². The first kappa shape index (κ1) is 17.5. The zero-order valence-corrected chi connectivity index (χ0v) is 12.1. The lowest BCUT2D eigenvalue weighted by Crippen LogP contribution is -2.49. The third-order valence-corrected chi connectivity index (χ3v) is 3.08. The molecule has 0 aliphatic rings. The number of hydrogen-bond donors (Lipinski definition) is 2. The molecule has 1 aromatic rings. The quantitative estimate of drug-likeness (QED) is 0.728. The lowest BCUT2D eigenvalue weighted by atomic mass is 10.2. The van der Waals surface area contributed by atoms with Gasteiger partial charge in [0.25, 0.3) is 0 Å². The van der Waals surface area contributed by atoms with Crippen LogP contribution in [0.1, 0.15) is 5.56 Å². The van der Waals surface area contributed by atoms with Crippen LogP contribution in [0.2, 0.25) is 0 Å². The van der Waals surface area contributed by atoms with Crippen LogP contribution in [0.3, 0.4) is 0 Å². The minimum Gasteiger partial charge on any atom is -0.351 e. The summed E-state index contributed by atoms with van der Waals surface area (Å²) in [6.45, 7) is -3.70. The number of ether oxygens (including phenoxy) is 1. The lowest BCUT2D eigenvalue weighted by Gasteiger charge is -2.17. The van der Waals surface area contributed by atoms with Gasteiger partial charge in [-0.25, -0.2) is 13.1 Å². The molecule has 0 aliphatic heterocycles. The predicted molar refractivity (Wildman–Crippen MR) is 72.0 cm³/mol. The molecule has 0 fully saturated rings. The number of nitrogens with one attached hydrogen (secondary N) is 2. The summed E-state index contributed by atoms with van der Waals surface area (Å²) in [7, 11) is -3.73. The van der Waals surface area contributed by atoms with E-state index in [-0.39, 0.29) is 6.54 Å². The van der Waals surface area contributed by atoms with E-state index in [0.29, 0.717) is 0 Å². The number of carbonyl (C=O) groups excluding carboxylic acids is 1. The molecular weight excluding hydrogens is 306 g/mol. The number of hydrogen-bond acceptors (Lipinski definition) is 4. The van der Waals surface area contributed by atoms with E-state index in [4.69, 9.17) is 0 Å². The first-order valence-corrected chi connectivity index (χ1v) is 7.86. The largest absolute Gasteiger partial charge is 0.351 e. The van der Waals surface area contributed by atoms with Crippen molar-refractivity contribution in [3.05, 3.63) is 35.9 Å². The van der Waals surface area contributed by atoms with Crippen molar-refractivity contribution in [1.29, 1.82) is 0 Å². The highest BCUT2D eigenvalue weighted by molar-refractivity contribution is 7.88. The van der Waals surface area contributed by atoms with E-state index >= 15 is 0 Å². The molecule has 0 aromatic heterocycles. The summed E-state index contributed by atoms with van der Waals surface area (Å²) in [6.07, 6.45) is 0.826. The fraction of sp³-hybridized carbons (Fsp3) is 0.417. The molecule has 1 amide bonds. The van der Waals surface area contributed by atoms with Gasteiger partial charge in [0.2, 0.25) is 15.9 Å². The molecule has 0 spiro atoms. The van der Waals surface area contributed by atoms with Gasteiger partial charge >= 0.3 is 6.61 Å². The van der Waals surface area contributed by atoms with Crippen LogP contribution in [-0.4, -0.2) is 39.8 Å². The van der Waals surface area contributed by atoms with E-state index < -0.39 is 35.2 Å². The third-order valence-electron chi connectivity index (χ3n) is 2.37. The van der Waals surface area contributed by atoms with Gasteiger partial charge in [-0.1, -0.05) is 30.3 Å². The van der Waals surface area contributed by atoms with Crippen molar-refractivity contribution in [3.8, 4) is 0 Å². The number of amides is 1. The monoisotopic (exact) mass is 322 g/mol. The van der Waals surface area contributed by atoms with Crippen LogP contribution in [0.25, 0.3) is 0 Å². The molecule has 6 nitrogen and oxygen atoms in total. The van der Waals surface area contributed by atoms with Crippen molar-refractivity contribution in [2.45, 2.75) is 19.2 Å². The van der Waals surface area contributed by atoms with E-state index in [1.165, 1.54) is 0 Å². The number of sulfonamides is 1. The van der Waals surface area contributed by atoms with Crippen molar-refractivity contribution in [2.24, 2.45) is 0 Å². The molecule has 1 unspecified atom stereocenters. The Morgan fingerprint density at radius 1 is 1.29 bits per heavy atom. The number of benzene rings is 1. The second kappa shape index (κ2) is 8.01. The Labute approximate surface area is 121 Å². The van der Waals surface area contributed by atoms with Gasteiger partial charge in [-0.3, -0.25) is 4.79 Å². The molecule has 1 rings (SSSR count). The third kappa shape index (κ3) is 7.69. The van der Waals surface area contributed by atoms with Gasteiger partial charge in [-0.15, -0.1) is 0 Å². The maximum absolute atomic E-state index is 12.0. The highest BCUT2D eigenvalue weighted by Gasteiger charge is 2.23. The molecular formula is C12H16F2N2O4S. The minimum absolute atomic E-state index is 0.149. The smallest absolute Gasteiger partial charge is 0.345 e. The molecule has 9 heteroatoms. The van der Waals surface area contributed by atoms with Gasteiger partial charge in [-0.05, 0) is 5.56 Å². The second-order valence-electron chi connectivity index (χ2n) is 4.24. The van der Waals surface area contributed by atoms with E-state index in [2.05, 4.69) is 10.1 Å². The van der Waals surface area contributed by atoms with Crippen LogP contribution in [0.15, 0.2) is 30.3 Å². The molecule has 1 aromatic carbocycles. The van der Waals surface area contributed by atoms with Crippen molar-refractivity contribution >= 4 is 15.9 Å². The maximum atomic E-state index is 12.0. The van der Waals surface area contributed by atoms with Crippen LogP contribution < -0.4 is 10.0 Å². The fourth-order valence-electron chi connectivity index (χ4n) is 1.50. The highest BCUT2D eigenvalue weighted by atomic mass is 32.2. The summed E-state index contributed by atoms with van der Waals surface area (Å²) >= 11 is 0. The molecule has 21 heavy (non-hydrogen) atoms. The van der Waals surface area contributed by atoms with Gasteiger partial charge in [0.15, 0.2) is 0 Å². The van der Waals surface area contributed by atoms with Crippen molar-refractivity contribution < 1.29 is 26.7 Å². The maximum Gasteiger partial charge on any atom is 0.345 e. The molecule has 1 atom stereocenters. The van der Waals surface area contributed by atoms with Gasteiger partial charge in [0, 0.05) is 6.54 Å². The normalized spacial score (nSPS) is 13.1. The van der Waals surface area contributed by atoms with Gasteiger partial charge in [0.1, 0.15) is 6.04 Å². The minimum atomic E-state index is -3.73. The first-order valence-electron chi connectivity index (χ1n) is 5.96. The summed E-state index contributed by atoms with van der Waals surface area (Å²) in [5.74, 6) is -0.745. The Balaban J connectivity index is 2.61. The number of halogens is 2. The Kier molecular flexibility index (Phi) is 6.66. The summed E-state index contributed by atoms with van der Waals surface area (Å²) in [5, 5.41) is 2.45. The molecule has 0 aliphatic carbocycles. The summed E-state index contributed by atoms with van der Waals surface area (Å²) < 4.78 is 52.2. The summed E-state index contributed by atoms with van der Waals surface area (Å²) in [6, 6.07) is 7.44. The van der Waals surface area contributed by atoms with E-state index in [1.807, 2.05) is 4.72 Å². The van der Waals surface area contributed by atoms with Crippen LogP contribution in [0.4, 0.5) is 8.78 Å². The molecule has 2 N–H and O–H groups in total. The van der Waals surface area contributed by atoms with Gasteiger partial charge in [0.05, 0.1) is 12.9 Å². The zero-order valence-electron chi connectivity index (χ0n) is 11.3. The topological polar surface area (TPSA) is 84.5 Å². The SMILES string of the molecule is CS(=O)(=O)NC(COC(F)F)C(=O)NCc1ccccc1. The number of alkyl halides is 2. The Morgan fingerprint density at radius 2 is 1.90 bits per heavy atom. The number of carbonyl (C=O) groups is 1. The van der Waals surface area contributed by atoms with Gasteiger partial charge < -0.3 is 10.1 Å². The Morgan fingerprint density at radius 3 is 2.43 bits per heavy atom. The summed E-state index contributed by atoms with van der Waals surface area (Å²) in [5.41, 5.74) is 0.790. The van der Waals surface area contributed by atoms with Crippen LogP contribution in [0.5, 0.6) is 0 Å². The van der Waals surface area contributed by atoms with Crippen LogP contribution in [0, 0.1) is 0 Å². The molecule has 0 bridgehead atoms. The molecule has 0 saturated carbocycles. The molecule has 0 radical (unpaired) electrons. The average molecular weight is 322 g/mol. The average Bonchev–Trinajstić information content (AvgIpc) is 2.40. The lowest BCUT2D eigenvalue weighted by molar-refractivity contribution is -0.142. The van der Waals surface area contributed by atoms with E-state index in [0.717, 1.165) is 11.8 Å². The molecule has 118 valence electrons. The number of rotatable bonds is 8. The van der Waals surface area contributed by atoms with Crippen molar-refractivity contribution in [3.63, 3.8) is 0 Å². The van der Waals surface area contributed by atoms with Crippen molar-refractivity contribution in [1.82, 2.24) is 10.0 Å². The Bertz CT molecular complexity index is 552. The van der Waals surface area contributed by atoms with E-state index in [9.17, 15) is 22.0 Å². The highest BCUT2D eigenvalue weighted by Crippen LogP contribution is 2.00. The van der Waals surface area contributed by atoms with Crippen LogP contribution in [-0.2, 0) is 26.1 Å². The van der Waals surface area contributed by atoms with Crippen LogP contribution >= 0.6 is 0 Å². The standard InChI is InChI=1S/C12H16F2N2O4S/c1-21(18,19)16-10(8-20-12(13)14)11(17)15-7-9-5-3-2-4-6-9/h2-6,10,12,16H,7-8H2,1H3,(H,15,17). The zero-order chi connectivity index (χ0) is 15.9. The Hall–Kier alpha value is -1.58. The summed E-state index contributed by atoms with van der Waals surface area (Å²) in [4.78, 5) is 11.8. The van der Waals surface area contributed by atoms with Gasteiger partial charge in [-0.2, -0.15) is 8.78 Å². The molecule has 0 saturated heterocycles. The predicted octanol–water partition coefficient (Wildman–Crippen LogP) is 0.460. The van der Waals surface area contributed by atoms with Crippen molar-refractivity contribution in [2.75, 3.05) is 12.9 Å². The molecule has 0 heterocycles.